The van der Waals surface area contributed by atoms with E-state index in [9.17, 15) is 4.79 Å². The van der Waals surface area contributed by atoms with Gasteiger partial charge < -0.3 is 5.32 Å². The second-order valence-corrected chi connectivity index (χ2v) is 6.99. The van der Waals surface area contributed by atoms with Crippen molar-refractivity contribution in [3.8, 4) is 0 Å². The molecule has 1 atom stereocenters. The number of hydrogen-bond acceptors (Lipinski definition) is 3. The predicted molar refractivity (Wildman–Crippen MR) is 93.3 cm³/mol. The van der Waals surface area contributed by atoms with Crippen LogP contribution in [0.2, 0.25) is 0 Å². The molecular formula is C19H24N4O. The quantitative estimate of drug-likeness (QED) is 0.903. The van der Waals surface area contributed by atoms with Crippen LogP contribution in [0.25, 0.3) is 0 Å². The largest absolute Gasteiger partial charge is 0.309 e. The van der Waals surface area contributed by atoms with E-state index in [1.54, 1.807) is 0 Å². The lowest BCUT2D eigenvalue weighted by atomic mass is 10.1. The Labute approximate surface area is 142 Å². The number of aromatic amines is 1. The zero-order valence-electron chi connectivity index (χ0n) is 14.1. The molecule has 1 aliphatic heterocycles. The first-order chi connectivity index (χ1) is 11.7. The van der Waals surface area contributed by atoms with Gasteiger partial charge in [0.15, 0.2) is 5.82 Å². The maximum absolute atomic E-state index is 12.4. The Morgan fingerprint density at radius 1 is 1.25 bits per heavy atom. The lowest BCUT2D eigenvalue weighted by Crippen LogP contribution is -2.23. The van der Waals surface area contributed by atoms with Crippen molar-refractivity contribution < 1.29 is 4.79 Å². The summed E-state index contributed by atoms with van der Waals surface area (Å²) in [4.78, 5) is 14.8. The molecule has 2 aromatic rings. The summed E-state index contributed by atoms with van der Waals surface area (Å²) in [6.07, 6.45) is 4.35. The molecule has 1 amide bonds. The summed E-state index contributed by atoms with van der Waals surface area (Å²) in [6.45, 7) is 3.89. The normalized spacial score (nSPS) is 19.4. The number of carbonyl (C=O) groups is 1. The molecule has 1 aromatic heterocycles. The van der Waals surface area contributed by atoms with Crippen molar-refractivity contribution in [1.29, 1.82) is 0 Å². The summed E-state index contributed by atoms with van der Waals surface area (Å²) in [5, 5.41) is 10.5. The number of fused-ring (bicyclic) bond motifs is 1. The van der Waals surface area contributed by atoms with Crippen LogP contribution in [0.4, 0.5) is 5.82 Å². The molecule has 1 saturated carbocycles. The van der Waals surface area contributed by atoms with Crippen LogP contribution in [0.1, 0.15) is 55.5 Å². The molecule has 0 spiro atoms. The summed E-state index contributed by atoms with van der Waals surface area (Å²) < 4.78 is 0. The lowest BCUT2D eigenvalue weighted by Gasteiger charge is -2.24. The van der Waals surface area contributed by atoms with Crippen LogP contribution in [0.3, 0.4) is 0 Å². The van der Waals surface area contributed by atoms with Gasteiger partial charge in [0.1, 0.15) is 0 Å². The zero-order valence-corrected chi connectivity index (χ0v) is 14.1. The van der Waals surface area contributed by atoms with Gasteiger partial charge >= 0.3 is 0 Å². The molecule has 2 N–H and O–H groups in total. The molecule has 0 radical (unpaired) electrons. The second kappa shape index (κ2) is 6.40. The highest BCUT2D eigenvalue weighted by molar-refractivity contribution is 5.92. The van der Waals surface area contributed by atoms with Gasteiger partial charge in [-0.1, -0.05) is 43.2 Å². The maximum Gasteiger partial charge on any atom is 0.228 e. The number of anilines is 1. The van der Waals surface area contributed by atoms with Gasteiger partial charge in [-0.3, -0.25) is 14.8 Å². The molecule has 1 fully saturated rings. The molecule has 1 aromatic carbocycles. The number of rotatable bonds is 4. The fourth-order valence-corrected chi connectivity index (χ4v) is 3.89. The minimum Gasteiger partial charge on any atom is -0.309 e. The highest BCUT2D eigenvalue weighted by atomic mass is 16.2. The Morgan fingerprint density at radius 3 is 2.75 bits per heavy atom. The van der Waals surface area contributed by atoms with Crippen LogP contribution in [-0.4, -0.2) is 21.0 Å². The molecule has 24 heavy (non-hydrogen) atoms. The molecule has 5 heteroatoms. The molecule has 0 bridgehead atoms. The summed E-state index contributed by atoms with van der Waals surface area (Å²) in [5.74, 6) is 1.03. The van der Waals surface area contributed by atoms with Gasteiger partial charge in [0, 0.05) is 30.6 Å². The van der Waals surface area contributed by atoms with Gasteiger partial charge in [-0.15, -0.1) is 0 Å². The molecule has 0 saturated heterocycles. The second-order valence-electron chi connectivity index (χ2n) is 6.99. The number of carbonyl (C=O) groups excluding carboxylic acids is 1. The van der Waals surface area contributed by atoms with Crippen LogP contribution in [0.15, 0.2) is 30.3 Å². The number of amides is 1. The summed E-state index contributed by atoms with van der Waals surface area (Å²) in [6, 6.07) is 10.9. The number of aromatic nitrogens is 2. The monoisotopic (exact) mass is 324 g/mol. The van der Waals surface area contributed by atoms with E-state index in [1.165, 1.54) is 18.4 Å². The Bertz CT molecular complexity index is 718. The first kappa shape index (κ1) is 15.4. The maximum atomic E-state index is 12.4. The fourth-order valence-electron chi connectivity index (χ4n) is 3.89. The van der Waals surface area contributed by atoms with Crippen molar-refractivity contribution in [1.82, 2.24) is 15.1 Å². The van der Waals surface area contributed by atoms with Gasteiger partial charge in [-0.2, -0.15) is 5.10 Å². The molecule has 2 heterocycles. The molecule has 1 unspecified atom stereocenters. The zero-order chi connectivity index (χ0) is 16.5. The highest BCUT2D eigenvalue weighted by Gasteiger charge is 2.30. The number of H-pyrrole nitrogens is 1. The number of nitrogens with one attached hydrogen (secondary N) is 2. The van der Waals surface area contributed by atoms with Gasteiger partial charge in [0.05, 0.1) is 5.69 Å². The first-order valence-electron chi connectivity index (χ1n) is 8.88. The van der Waals surface area contributed by atoms with Crippen molar-refractivity contribution in [2.75, 3.05) is 5.32 Å². The van der Waals surface area contributed by atoms with Gasteiger partial charge in [0.25, 0.3) is 0 Å². The SMILES string of the molecule is CC(c1ccccc1)N1Cc2[nH]nc(NC(=O)C3CCCC3)c2C1. The van der Waals surface area contributed by atoms with Crippen LogP contribution in [0.5, 0.6) is 0 Å². The van der Waals surface area contributed by atoms with E-state index in [0.29, 0.717) is 6.04 Å². The Kier molecular flexibility index (Phi) is 4.10. The molecular weight excluding hydrogens is 300 g/mol. The third-order valence-corrected chi connectivity index (χ3v) is 5.47. The molecule has 5 nitrogen and oxygen atoms in total. The van der Waals surface area contributed by atoms with Crippen molar-refractivity contribution in [2.45, 2.75) is 51.7 Å². The number of nitrogens with zero attached hydrogens (tertiary/aromatic N) is 2. The third-order valence-electron chi connectivity index (χ3n) is 5.47. The Balaban J connectivity index is 1.45. The van der Waals surface area contributed by atoms with Crippen molar-refractivity contribution in [3.63, 3.8) is 0 Å². The topological polar surface area (TPSA) is 61.0 Å². The van der Waals surface area contributed by atoms with E-state index in [0.717, 1.165) is 43.0 Å². The minimum absolute atomic E-state index is 0.136. The standard InChI is InChI=1S/C19H24N4O/c1-13(14-7-3-2-4-8-14)23-11-16-17(12-23)21-22-18(16)20-19(24)15-9-5-6-10-15/h2-4,7-8,13,15H,5-6,9-12H2,1H3,(H2,20,21,22,24). The van der Waals surface area contributed by atoms with Gasteiger partial charge in [-0.05, 0) is 25.3 Å². The molecule has 1 aliphatic carbocycles. The average Bonchev–Trinajstić information content (AvgIpc) is 3.33. The van der Waals surface area contributed by atoms with E-state index in [1.807, 2.05) is 6.07 Å². The highest BCUT2D eigenvalue weighted by Crippen LogP contribution is 2.34. The van der Waals surface area contributed by atoms with Crippen LogP contribution in [0, 0.1) is 5.92 Å². The minimum atomic E-state index is 0.136. The van der Waals surface area contributed by atoms with E-state index in [-0.39, 0.29) is 11.8 Å². The Hall–Kier alpha value is -2.14. The number of benzene rings is 1. The van der Waals surface area contributed by atoms with Gasteiger partial charge in [-0.25, -0.2) is 0 Å². The summed E-state index contributed by atoms with van der Waals surface area (Å²) in [5.41, 5.74) is 3.58. The summed E-state index contributed by atoms with van der Waals surface area (Å²) in [7, 11) is 0. The van der Waals surface area contributed by atoms with E-state index >= 15 is 0 Å². The molecule has 2 aliphatic rings. The smallest absolute Gasteiger partial charge is 0.228 e. The van der Waals surface area contributed by atoms with Crippen molar-refractivity contribution in [3.05, 3.63) is 47.2 Å². The fraction of sp³-hybridized carbons (Fsp3) is 0.474. The number of hydrogen-bond donors (Lipinski definition) is 2. The lowest BCUT2D eigenvalue weighted by molar-refractivity contribution is -0.119. The van der Waals surface area contributed by atoms with E-state index < -0.39 is 0 Å². The average molecular weight is 324 g/mol. The van der Waals surface area contributed by atoms with Gasteiger partial charge in [0.2, 0.25) is 5.91 Å². The van der Waals surface area contributed by atoms with E-state index in [2.05, 4.69) is 51.6 Å². The van der Waals surface area contributed by atoms with Crippen LogP contribution >= 0.6 is 0 Å². The Morgan fingerprint density at radius 2 is 2.00 bits per heavy atom. The third kappa shape index (κ3) is 2.84. The van der Waals surface area contributed by atoms with Crippen molar-refractivity contribution in [2.24, 2.45) is 5.92 Å². The first-order valence-corrected chi connectivity index (χ1v) is 8.88. The van der Waals surface area contributed by atoms with Crippen LogP contribution in [-0.2, 0) is 17.9 Å². The predicted octanol–water partition coefficient (Wildman–Crippen LogP) is 3.62. The molecule has 4 rings (SSSR count). The summed E-state index contributed by atoms with van der Waals surface area (Å²) >= 11 is 0. The van der Waals surface area contributed by atoms with E-state index in [4.69, 9.17) is 0 Å². The van der Waals surface area contributed by atoms with Crippen LogP contribution < -0.4 is 5.32 Å². The van der Waals surface area contributed by atoms with Crippen molar-refractivity contribution >= 4 is 11.7 Å². The molecule has 126 valence electrons.